The molecule has 0 spiro atoms. The lowest BCUT2D eigenvalue weighted by atomic mass is 10.1. The highest BCUT2D eigenvalue weighted by atomic mass is 35.5. The molecule has 0 heterocycles. The fourth-order valence-electron chi connectivity index (χ4n) is 2.27. The quantitative estimate of drug-likeness (QED) is 0.735. The molecule has 136 valence electrons. The van der Waals surface area contributed by atoms with E-state index in [1.807, 2.05) is 0 Å². The first-order valence-corrected chi connectivity index (χ1v) is 11.3. The number of sulfonamides is 1. The van der Waals surface area contributed by atoms with Crippen LogP contribution < -0.4 is 0 Å². The summed E-state index contributed by atoms with van der Waals surface area (Å²) in [6.07, 6.45) is 1.06. The monoisotopic (exact) mass is 421 g/mol. The minimum Gasteiger partial charge on any atom is -0.224 e. The van der Waals surface area contributed by atoms with Gasteiger partial charge in [-0.1, -0.05) is 29.3 Å². The molecule has 0 aromatic heterocycles. The molecule has 0 aliphatic rings. The molecule has 0 fully saturated rings. The molecule has 2 aromatic rings. The fraction of sp³-hybridized carbons (Fsp3) is 0.250. The highest BCUT2D eigenvalue weighted by Crippen LogP contribution is 2.32. The SMILES string of the molecule is CC(c1ccc(Cl)cc1Cl)N(C)S(=O)(=O)c1ccc(S(C)(=O)=O)cc1. The van der Waals surface area contributed by atoms with Crippen LogP contribution in [0.4, 0.5) is 0 Å². The first-order valence-electron chi connectivity index (χ1n) is 7.17. The molecule has 0 aliphatic heterocycles. The summed E-state index contributed by atoms with van der Waals surface area (Å²) in [6.45, 7) is 1.71. The lowest BCUT2D eigenvalue weighted by molar-refractivity contribution is 0.398. The molecule has 0 amide bonds. The first-order chi connectivity index (χ1) is 11.4. The molecule has 0 aliphatic carbocycles. The predicted octanol–water partition coefficient (Wildman–Crippen LogP) is 3.78. The molecule has 2 aromatic carbocycles. The largest absolute Gasteiger partial charge is 0.243 e. The molecule has 5 nitrogen and oxygen atoms in total. The van der Waals surface area contributed by atoms with Gasteiger partial charge < -0.3 is 0 Å². The Morgan fingerprint density at radius 2 is 1.44 bits per heavy atom. The summed E-state index contributed by atoms with van der Waals surface area (Å²) in [5.74, 6) is 0. The van der Waals surface area contributed by atoms with Crippen LogP contribution in [0.25, 0.3) is 0 Å². The maximum atomic E-state index is 12.8. The van der Waals surface area contributed by atoms with E-state index in [0.717, 1.165) is 6.26 Å². The fourth-order valence-corrected chi connectivity index (χ4v) is 4.81. The van der Waals surface area contributed by atoms with Crippen LogP contribution in [0.3, 0.4) is 0 Å². The van der Waals surface area contributed by atoms with E-state index < -0.39 is 25.9 Å². The Bertz CT molecular complexity index is 987. The van der Waals surface area contributed by atoms with Crippen LogP contribution in [0, 0.1) is 0 Å². The molecule has 0 saturated heterocycles. The molecular formula is C16H17Cl2NO4S2. The van der Waals surface area contributed by atoms with E-state index >= 15 is 0 Å². The Morgan fingerprint density at radius 1 is 0.920 bits per heavy atom. The van der Waals surface area contributed by atoms with Crippen LogP contribution in [-0.4, -0.2) is 34.4 Å². The zero-order chi connectivity index (χ0) is 19.0. The van der Waals surface area contributed by atoms with Crippen molar-refractivity contribution in [2.45, 2.75) is 22.8 Å². The topological polar surface area (TPSA) is 71.5 Å². The van der Waals surface area contributed by atoms with E-state index in [4.69, 9.17) is 23.2 Å². The number of halogens is 2. The van der Waals surface area contributed by atoms with Gasteiger partial charge in [0, 0.05) is 29.4 Å². The van der Waals surface area contributed by atoms with Gasteiger partial charge in [0.2, 0.25) is 10.0 Å². The van der Waals surface area contributed by atoms with Gasteiger partial charge in [-0.05, 0) is 48.9 Å². The maximum Gasteiger partial charge on any atom is 0.243 e. The van der Waals surface area contributed by atoms with Crippen LogP contribution in [0.1, 0.15) is 18.5 Å². The van der Waals surface area contributed by atoms with Gasteiger partial charge in [-0.2, -0.15) is 4.31 Å². The molecule has 1 atom stereocenters. The van der Waals surface area contributed by atoms with Gasteiger partial charge in [-0.25, -0.2) is 16.8 Å². The van der Waals surface area contributed by atoms with E-state index in [0.29, 0.717) is 15.6 Å². The first kappa shape index (κ1) is 20.2. The number of hydrogen-bond acceptors (Lipinski definition) is 4. The average Bonchev–Trinajstić information content (AvgIpc) is 2.53. The lowest BCUT2D eigenvalue weighted by Crippen LogP contribution is -2.30. The molecule has 2 rings (SSSR count). The normalized spacial score (nSPS) is 13.8. The van der Waals surface area contributed by atoms with Gasteiger partial charge in [0.15, 0.2) is 9.84 Å². The van der Waals surface area contributed by atoms with E-state index in [-0.39, 0.29) is 9.79 Å². The van der Waals surface area contributed by atoms with E-state index in [1.165, 1.54) is 35.6 Å². The minimum absolute atomic E-state index is 0.000615. The standard InChI is InChI=1S/C16H17Cl2NO4S2/c1-11(15-9-4-12(17)10-16(15)18)19(2)25(22,23)14-7-5-13(6-8-14)24(3,20)21/h4-11H,1-3H3. The summed E-state index contributed by atoms with van der Waals surface area (Å²) < 4.78 is 49.8. The second kappa shape index (κ2) is 7.25. The van der Waals surface area contributed by atoms with Gasteiger partial charge in [-0.15, -0.1) is 0 Å². The third kappa shape index (κ3) is 4.35. The minimum atomic E-state index is -3.83. The van der Waals surface area contributed by atoms with Gasteiger partial charge >= 0.3 is 0 Å². The Labute approximate surface area is 158 Å². The van der Waals surface area contributed by atoms with E-state index in [2.05, 4.69) is 0 Å². The van der Waals surface area contributed by atoms with Gasteiger partial charge in [0.05, 0.1) is 9.79 Å². The van der Waals surface area contributed by atoms with Crippen molar-refractivity contribution >= 4 is 43.1 Å². The summed E-state index contributed by atoms with van der Waals surface area (Å²) in [5.41, 5.74) is 0.616. The zero-order valence-electron chi connectivity index (χ0n) is 13.8. The van der Waals surface area contributed by atoms with Crippen molar-refractivity contribution < 1.29 is 16.8 Å². The van der Waals surface area contributed by atoms with Crippen LogP contribution in [0.15, 0.2) is 52.3 Å². The molecule has 25 heavy (non-hydrogen) atoms. The second-order valence-corrected chi connectivity index (χ2v) is 10.5. The number of rotatable bonds is 5. The van der Waals surface area contributed by atoms with Gasteiger partial charge in [0.25, 0.3) is 0 Å². The molecule has 1 unspecified atom stereocenters. The van der Waals surface area contributed by atoms with Crippen molar-refractivity contribution in [3.8, 4) is 0 Å². The number of hydrogen-bond donors (Lipinski definition) is 0. The van der Waals surface area contributed by atoms with Gasteiger partial charge in [-0.3, -0.25) is 0 Å². The molecule has 0 bridgehead atoms. The molecule has 9 heteroatoms. The van der Waals surface area contributed by atoms with E-state index in [9.17, 15) is 16.8 Å². The maximum absolute atomic E-state index is 12.8. The second-order valence-electron chi connectivity index (χ2n) is 5.61. The van der Waals surface area contributed by atoms with Crippen molar-refractivity contribution in [2.75, 3.05) is 13.3 Å². The van der Waals surface area contributed by atoms with Crippen LogP contribution >= 0.6 is 23.2 Å². The van der Waals surface area contributed by atoms with Crippen molar-refractivity contribution in [1.82, 2.24) is 4.31 Å². The average molecular weight is 422 g/mol. The Hall–Kier alpha value is -1.12. The van der Waals surface area contributed by atoms with Crippen LogP contribution in [0.5, 0.6) is 0 Å². The van der Waals surface area contributed by atoms with Crippen molar-refractivity contribution in [3.63, 3.8) is 0 Å². The highest BCUT2D eigenvalue weighted by molar-refractivity contribution is 7.90. The van der Waals surface area contributed by atoms with Gasteiger partial charge in [0.1, 0.15) is 0 Å². The van der Waals surface area contributed by atoms with Crippen LogP contribution in [0.2, 0.25) is 10.0 Å². The summed E-state index contributed by atoms with van der Waals surface area (Å²) in [7, 11) is -5.78. The Morgan fingerprint density at radius 3 is 1.92 bits per heavy atom. The summed E-state index contributed by atoms with van der Waals surface area (Å²) in [4.78, 5) is 0.0576. The third-order valence-corrected chi connectivity index (χ3v) is 7.52. The molecular weight excluding hydrogens is 405 g/mol. The number of benzene rings is 2. The summed E-state index contributed by atoms with van der Waals surface area (Å²) in [6, 6.07) is 9.43. The molecule has 0 radical (unpaired) electrons. The Balaban J connectivity index is 2.38. The predicted molar refractivity (Wildman–Crippen MR) is 99.4 cm³/mol. The van der Waals surface area contributed by atoms with Crippen molar-refractivity contribution in [2.24, 2.45) is 0 Å². The Kier molecular flexibility index (Phi) is 5.85. The zero-order valence-corrected chi connectivity index (χ0v) is 16.9. The van der Waals surface area contributed by atoms with E-state index in [1.54, 1.807) is 25.1 Å². The molecule has 0 saturated carbocycles. The third-order valence-electron chi connectivity index (χ3n) is 3.89. The van der Waals surface area contributed by atoms with Crippen molar-refractivity contribution in [3.05, 3.63) is 58.1 Å². The highest BCUT2D eigenvalue weighted by Gasteiger charge is 2.27. The van der Waals surface area contributed by atoms with Crippen molar-refractivity contribution in [1.29, 1.82) is 0 Å². The lowest BCUT2D eigenvalue weighted by Gasteiger charge is -2.25. The van der Waals surface area contributed by atoms with Crippen LogP contribution in [-0.2, 0) is 19.9 Å². The molecule has 0 N–H and O–H groups in total. The number of sulfone groups is 1. The summed E-state index contributed by atoms with van der Waals surface area (Å²) in [5, 5.41) is 0.831. The number of nitrogens with zero attached hydrogens (tertiary/aromatic N) is 1. The smallest absolute Gasteiger partial charge is 0.224 e. The summed E-state index contributed by atoms with van der Waals surface area (Å²) >= 11 is 12.0.